The Morgan fingerprint density at radius 3 is 2.30 bits per heavy atom. The van der Waals surface area contributed by atoms with Crippen molar-refractivity contribution >= 4 is 22.7 Å². The van der Waals surface area contributed by atoms with Crippen LogP contribution in [-0.4, -0.2) is 14.7 Å². The molecule has 1 saturated carbocycles. The fourth-order valence-corrected chi connectivity index (χ4v) is 4.08. The summed E-state index contributed by atoms with van der Waals surface area (Å²) in [5.74, 6) is 0.601. The zero-order valence-corrected chi connectivity index (χ0v) is 16.5. The monoisotopic (exact) mass is 385 g/mol. The molecule has 2 aromatic rings. The van der Waals surface area contributed by atoms with Crippen LogP contribution in [-0.2, 0) is 22.3 Å². The number of benzene rings is 2. The summed E-state index contributed by atoms with van der Waals surface area (Å²) in [5.41, 5.74) is 3.86. The van der Waals surface area contributed by atoms with E-state index in [-0.39, 0.29) is 12.3 Å². The molecule has 27 heavy (non-hydrogen) atoms. The molecule has 0 bridgehead atoms. The summed E-state index contributed by atoms with van der Waals surface area (Å²) in [6.45, 7) is 1.70. The number of nitrogens with one attached hydrogen (secondary N) is 1. The lowest BCUT2D eigenvalue weighted by molar-refractivity contribution is -0.115. The Hall–Kier alpha value is -1.98. The first-order valence-corrected chi connectivity index (χ1v) is 10.8. The first-order chi connectivity index (χ1) is 13.0. The average Bonchev–Trinajstić information content (AvgIpc) is 2.69. The Morgan fingerprint density at radius 2 is 1.70 bits per heavy atom. The molecule has 2 unspecified atom stereocenters. The standard InChI is InChI=1S/C22H27NO3S/c1-16(27(25)26)18-9-7-17(8-10-18)15-22(24)23-21-13-11-20(12-14-21)19-5-3-2-4-6-19/h7-14,16,19H,2-6,15H2,1H3,(H,23,24)(H,25,26). The van der Waals surface area contributed by atoms with E-state index in [2.05, 4.69) is 17.4 Å². The highest BCUT2D eigenvalue weighted by atomic mass is 32.2. The largest absolute Gasteiger partial charge is 0.326 e. The van der Waals surface area contributed by atoms with Gasteiger partial charge in [-0.15, -0.1) is 0 Å². The summed E-state index contributed by atoms with van der Waals surface area (Å²) in [5, 5.41) is 2.51. The van der Waals surface area contributed by atoms with E-state index in [0.717, 1.165) is 16.8 Å². The number of hydrogen-bond donors (Lipinski definition) is 2. The van der Waals surface area contributed by atoms with Crippen molar-refractivity contribution in [3.8, 4) is 0 Å². The minimum Gasteiger partial charge on any atom is -0.326 e. The number of amides is 1. The molecule has 2 N–H and O–H groups in total. The van der Waals surface area contributed by atoms with E-state index in [4.69, 9.17) is 4.55 Å². The van der Waals surface area contributed by atoms with Crippen molar-refractivity contribution in [2.75, 3.05) is 5.32 Å². The van der Waals surface area contributed by atoms with Crippen LogP contribution in [0.3, 0.4) is 0 Å². The third-order valence-electron chi connectivity index (χ3n) is 5.39. The Bertz CT molecular complexity index is 780. The lowest BCUT2D eigenvalue weighted by Crippen LogP contribution is -2.14. The third kappa shape index (κ3) is 5.50. The summed E-state index contributed by atoms with van der Waals surface area (Å²) in [7, 11) is 0. The molecule has 1 aliphatic carbocycles. The van der Waals surface area contributed by atoms with Crippen molar-refractivity contribution in [2.24, 2.45) is 0 Å². The van der Waals surface area contributed by atoms with Gasteiger partial charge in [-0.3, -0.25) is 4.79 Å². The van der Waals surface area contributed by atoms with Crippen molar-refractivity contribution in [1.29, 1.82) is 0 Å². The highest BCUT2D eigenvalue weighted by Crippen LogP contribution is 2.33. The first kappa shape index (κ1) is 19.8. The number of rotatable bonds is 6. The van der Waals surface area contributed by atoms with E-state index in [1.165, 1.54) is 37.7 Å². The van der Waals surface area contributed by atoms with Crippen molar-refractivity contribution in [1.82, 2.24) is 0 Å². The average molecular weight is 386 g/mol. The van der Waals surface area contributed by atoms with E-state index >= 15 is 0 Å². The molecule has 0 saturated heterocycles. The van der Waals surface area contributed by atoms with Gasteiger partial charge < -0.3 is 9.87 Å². The van der Waals surface area contributed by atoms with Crippen LogP contribution in [0.25, 0.3) is 0 Å². The highest BCUT2D eigenvalue weighted by Gasteiger charge is 2.15. The Kier molecular flexibility index (Phi) is 6.80. The first-order valence-electron chi connectivity index (χ1n) is 9.61. The van der Waals surface area contributed by atoms with Crippen LogP contribution < -0.4 is 5.32 Å². The maximum atomic E-state index is 12.3. The maximum Gasteiger partial charge on any atom is 0.228 e. The van der Waals surface area contributed by atoms with Gasteiger partial charge in [-0.1, -0.05) is 55.7 Å². The molecule has 4 nitrogen and oxygen atoms in total. The van der Waals surface area contributed by atoms with Crippen molar-refractivity contribution in [2.45, 2.75) is 56.6 Å². The second-order valence-corrected chi connectivity index (χ2v) is 8.60. The van der Waals surface area contributed by atoms with Crippen LogP contribution in [0, 0.1) is 0 Å². The molecule has 2 atom stereocenters. The van der Waals surface area contributed by atoms with Gasteiger partial charge in [0.05, 0.1) is 11.7 Å². The predicted molar refractivity (Wildman–Crippen MR) is 110 cm³/mol. The molecular weight excluding hydrogens is 358 g/mol. The summed E-state index contributed by atoms with van der Waals surface area (Å²) >= 11 is -1.89. The SMILES string of the molecule is CC(c1ccc(CC(=O)Nc2ccc(C3CCCCC3)cc2)cc1)S(=O)O. The van der Waals surface area contributed by atoms with E-state index in [1.54, 1.807) is 19.1 Å². The second kappa shape index (κ2) is 9.29. The zero-order valence-electron chi connectivity index (χ0n) is 15.7. The lowest BCUT2D eigenvalue weighted by Gasteiger charge is -2.22. The van der Waals surface area contributed by atoms with Crippen molar-refractivity contribution in [3.63, 3.8) is 0 Å². The van der Waals surface area contributed by atoms with Crippen LogP contribution in [0.2, 0.25) is 0 Å². The molecule has 0 spiro atoms. The molecule has 0 heterocycles. The fourth-order valence-electron chi connectivity index (χ4n) is 3.69. The Morgan fingerprint density at radius 1 is 1.07 bits per heavy atom. The summed E-state index contributed by atoms with van der Waals surface area (Å²) in [6, 6.07) is 15.5. The van der Waals surface area contributed by atoms with Crippen LogP contribution in [0.15, 0.2) is 48.5 Å². The third-order valence-corrected chi connectivity index (χ3v) is 6.26. The lowest BCUT2D eigenvalue weighted by atomic mass is 9.84. The van der Waals surface area contributed by atoms with Gasteiger partial charge in [0.2, 0.25) is 5.91 Å². The van der Waals surface area contributed by atoms with Gasteiger partial charge in [0.25, 0.3) is 0 Å². The van der Waals surface area contributed by atoms with Gasteiger partial charge in [-0.2, -0.15) is 0 Å². The van der Waals surface area contributed by atoms with Crippen molar-refractivity contribution < 1.29 is 13.6 Å². The van der Waals surface area contributed by atoms with Crippen LogP contribution >= 0.6 is 0 Å². The molecule has 1 aliphatic rings. The number of anilines is 1. The number of carbonyl (C=O) groups excluding carboxylic acids is 1. The molecule has 0 radical (unpaired) electrons. The molecule has 1 fully saturated rings. The number of hydrogen-bond acceptors (Lipinski definition) is 2. The van der Waals surface area contributed by atoms with Gasteiger partial charge in [0.15, 0.2) is 11.1 Å². The van der Waals surface area contributed by atoms with Gasteiger partial charge in [-0.05, 0) is 54.5 Å². The van der Waals surface area contributed by atoms with Crippen LogP contribution in [0.1, 0.15) is 66.9 Å². The molecule has 0 aromatic heterocycles. The molecule has 5 heteroatoms. The fraction of sp³-hybridized carbons (Fsp3) is 0.409. The minimum absolute atomic E-state index is 0.0630. The van der Waals surface area contributed by atoms with E-state index < -0.39 is 16.3 Å². The summed E-state index contributed by atoms with van der Waals surface area (Å²) < 4.78 is 20.3. The smallest absolute Gasteiger partial charge is 0.228 e. The van der Waals surface area contributed by atoms with Gasteiger partial charge >= 0.3 is 0 Å². The van der Waals surface area contributed by atoms with E-state index in [1.807, 2.05) is 24.3 Å². The summed E-state index contributed by atoms with van der Waals surface area (Å²) in [6.07, 6.45) is 6.79. The molecule has 144 valence electrons. The van der Waals surface area contributed by atoms with E-state index in [9.17, 15) is 9.00 Å². The Balaban J connectivity index is 1.55. The van der Waals surface area contributed by atoms with E-state index in [0.29, 0.717) is 5.92 Å². The highest BCUT2D eigenvalue weighted by molar-refractivity contribution is 7.79. The summed E-state index contributed by atoms with van der Waals surface area (Å²) in [4.78, 5) is 12.3. The Labute approximate surface area is 163 Å². The second-order valence-electron chi connectivity index (χ2n) is 7.34. The van der Waals surface area contributed by atoms with Crippen molar-refractivity contribution in [3.05, 3.63) is 65.2 Å². The zero-order chi connectivity index (χ0) is 19.2. The predicted octanol–water partition coefficient (Wildman–Crippen LogP) is 5.20. The molecule has 2 aromatic carbocycles. The van der Waals surface area contributed by atoms with Gasteiger partial charge in [0, 0.05) is 5.69 Å². The normalized spacial score (nSPS) is 17.3. The minimum atomic E-state index is -1.89. The van der Waals surface area contributed by atoms with Gasteiger partial charge in [0.1, 0.15) is 0 Å². The quantitative estimate of drug-likeness (QED) is 0.672. The van der Waals surface area contributed by atoms with Crippen LogP contribution in [0.5, 0.6) is 0 Å². The molecule has 1 amide bonds. The molecule has 0 aliphatic heterocycles. The molecule has 3 rings (SSSR count). The maximum absolute atomic E-state index is 12.3. The topological polar surface area (TPSA) is 66.4 Å². The van der Waals surface area contributed by atoms with Gasteiger partial charge in [-0.25, -0.2) is 4.21 Å². The van der Waals surface area contributed by atoms with Crippen LogP contribution in [0.4, 0.5) is 5.69 Å². The molecular formula is C22H27NO3S. The number of carbonyl (C=O) groups is 1.